The topological polar surface area (TPSA) is 44.8 Å². The normalized spacial score (nSPS) is 19.6. The van der Waals surface area contributed by atoms with E-state index in [0.717, 1.165) is 12.0 Å². The van der Waals surface area contributed by atoms with Gasteiger partial charge < -0.3 is 14.2 Å². The van der Waals surface area contributed by atoms with Crippen molar-refractivity contribution in [3.05, 3.63) is 35.1 Å². The fraction of sp³-hybridized carbons (Fsp3) is 0.588. The molecule has 1 unspecified atom stereocenters. The van der Waals surface area contributed by atoms with Crippen LogP contribution in [-0.4, -0.2) is 30.9 Å². The smallest absolute Gasteiger partial charge is 0.324 e. The SMILES string of the molecule is CC(C)(C)OC(=O)C(Br)c1cc(F)ccc1CO[C@H]1CCOC1. The Kier molecular flexibility index (Phi) is 6.17. The van der Waals surface area contributed by atoms with Crippen LogP contribution in [0.25, 0.3) is 0 Å². The third-order valence-corrected chi connectivity index (χ3v) is 4.22. The molecule has 0 radical (unpaired) electrons. The number of benzene rings is 1. The predicted octanol–water partition coefficient (Wildman–Crippen LogP) is 3.91. The Hall–Kier alpha value is -0.980. The maximum Gasteiger partial charge on any atom is 0.324 e. The second-order valence-corrected chi connectivity index (χ2v) is 7.45. The van der Waals surface area contributed by atoms with Gasteiger partial charge in [0.2, 0.25) is 0 Å². The van der Waals surface area contributed by atoms with Crippen molar-refractivity contribution in [2.45, 2.75) is 50.3 Å². The molecule has 2 atom stereocenters. The highest BCUT2D eigenvalue weighted by molar-refractivity contribution is 9.09. The Morgan fingerprint density at radius 1 is 1.48 bits per heavy atom. The number of halogens is 2. The number of alkyl halides is 1. The van der Waals surface area contributed by atoms with Crippen LogP contribution in [0.1, 0.15) is 43.1 Å². The molecule has 4 nitrogen and oxygen atoms in total. The summed E-state index contributed by atoms with van der Waals surface area (Å²) >= 11 is 3.32. The third kappa shape index (κ3) is 5.55. The van der Waals surface area contributed by atoms with E-state index < -0.39 is 22.2 Å². The molecule has 1 fully saturated rings. The Morgan fingerprint density at radius 2 is 2.22 bits per heavy atom. The molecule has 1 aliphatic heterocycles. The van der Waals surface area contributed by atoms with Crippen LogP contribution in [0.3, 0.4) is 0 Å². The standard InChI is InChI=1S/C17H22BrFO4/c1-17(2,3)23-16(20)15(18)14-8-12(19)5-4-11(14)9-22-13-6-7-21-10-13/h4-5,8,13,15H,6-7,9-10H2,1-3H3/t13-,15?/m0/s1. The number of ether oxygens (including phenoxy) is 3. The molecule has 6 heteroatoms. The minimum atomic E-state index is -0.740. The minimum absolute atomic E-state index is 0.0446. The molecule has 2 rings (SSSR count). The number of hydrogen-bond donors (Lipinski definition) is 0. The van der Waals surface area contributed by atoms with Gasteiger partial charge in [0.1, 0.15) is 16.2 Å². The molecule has 1 aliphatic rings. The fourth-order valence-corrected chi connectivity index (χ4v) is 2.79. The van der Waals surface area contributed by atoms with Crippen molar-refractivity contribution in [1.29, 1.82) is 0 Å². The zero-order chi connectivity index (χ0) is 17.0. The lowest BCUT2D eigenvalue weighted by molar-refractivity contribution is -0.154. The van der Waals surface area contributed by atoms with Crippen LogP contribution in [0.2, 0.25) is 0 Å². The predicted molar refractivity (Wildman–Crippen MR) is 87.9 cm³/mol. The number of esters is 1. The largest absolute Gasteiger partial charge is 0.459 e. The summed E-state index contributed by atoms with van der Waals surface area (Å²) in [6.45, 7) is 6.94. The Bertz CT molecular complexity index is 550. The lowest BCUT2D eigenvalue weighted by Gasteiger charge is -2.23. The molecule has 23 heavy (non-hydrogen) atoms. The van der Waals surface area contributed by atoms with Gasteiger partial charge in [-0.15, -0.1) is 0 Å². The molecule has 0 aliphatic carbocycles. The summed E-state index contributed by atoms with van der Waals surface area (Å²) in [5, 5.41) is 0. The average molecular weight is 389 g/mol. The van der Waals surface area contributed by atoms with E-state index >= 15 is 0 Å². The molecule has 0 bridgehead atoms. The summed E-state index contributed by atoms with van der Waals surface area (Å²) in [5.41, 5.74) is 0.679. The van der Waals surface area contributed by atoms with Crippen LogP contribution < -0.4 is 0 Å². The summed E-state index contributed by atoms with van der Waals surface area (Å²) in [4.78, 5) is 11.5. The van der Waals surface area contributed by atoms with Crippen molar-refractivity contribution in [1.82, 2.24) is 0 Å². The van der Waals surface area contributed by atoms with E-state index in [0.29, 0.717) is 25.4 Å². The number of carbonyl (C=O) groups excluding carboxylic acids is 1. The van der Waals surface area contributed by atoms with Crippen LogP contribution in [0.5, 0.6) is 0 Å². The average Bonchev–Trinajstić information content (AvgIpc) is 2.96. The molecule has 0 N–H and O–H groups in total. The van der Waals surface area contributed by atoms with E-state index in [4.69, 9.17) is 14.2 Å². The second-order valence-electron chi connectivity index (χ2n) is 6.54. The van der Waals surface area contributed by atoms with E-state index in [-0.39, 0.29) is 6.10 Å². The van der Waals surface area contributed by atoms with Crippen molar-refractivity contribution < 1.29 is 23.4 Å². The van der Waals surface area contributed by atoms with Crippen molar-refractivity contribution in [2.75, 3.05) is 13.2 Å². The highest BCUT2D eigenvalue weighted by Gasteiger charge is 2.27. The van der Waals surface area contributed by atoms with E-state index in [1.807, 2.05) is 0 Å². The second kappa shape index (κ2) is 7.73. The van der Waals surface area contributed by atoms with Crippen molar-refractivity contribution in [3.8, 4) is 0 Å². The van der Waals surface area contributed by atoms with E-state index in [1.54, 1.807) is 26.8 Å². The maximum absolute atomic E-state index is 13.6. The van der Waals surface area contributed by atoms with Gasteiger partial charge in [-0.2, -0.15) is 0 Å². The molecule has 0 spiro atoms. The van der Waals surface area contributed by atoms with Crippen LogP contribution >= 0.6 is 15.9 Å². The molecule has 0 amide bonds. The quantitative estimate of drug-likeness (QED) is 0.566. The minimum Gasteiger partial charge on any atom is -0.459 e. The number of carbonyl (C=O) groups is 1. The summed E-state index contributed by atoms with van der Waals surface area (Å²) in [6, 6.07) is 4.34. The van der Waals surface area contributed by atoms with Crippen LogP contribution in [0.4, 0.5) is 4.39 Å². The van der Waals surface area contributed by atoms with E-state index in [1.165, 1.54) is 12.1 Å². The van der Waals surface area contributed by atoms with Gasteiger partial charge in [0.15, 0.2) is 0 Å². The molecule has 0 saturated carbocycles. The molecule has 1 heterocycles. The molecule has 128 valence electrons. The summed E-state index contributed by atoms with van der Waals surface area (Å²) in [5.74, 6) is -0.852. The van der Waals surface area contributed by atoms with Crippen molar-refractivity contribution in [3.63, 3.8) is 0 Å². The van der Waals surface area contributed by atoms with Gasteiger partial charge in [-0.3, -0.25) is 4.79 Å². The maximum atomic E-state index is 13.6. The highest BCUT2D eigenvalue weighted by atomic mass is 79.9. The Labute approximate surface area is 144 Å². The zero-order valence-electron chi connectivity index (χ0n) is 13.6. The van der Waals surface area contributed by atoms with Gasteiger partial charge >= 0.3 is 5.97 Å². The lowest BCUT2D eigenvalue weighted by Crippen LogP contribution is -2.26. The van der Waals surface area contributed by atoms with Crippen molar-refractivity contribution in [2.24, 2.45) is 0 Å². The van der Waals surface area contributed by atoms with Gasteiger partial charge in [0.05, 0.1) is 19.3 Å². The molecular formula is C17H22BrFO4. The number of hydrogen-bond acceptors (Lipinski definition) is 4. The van der Waals surface area contributed by atoms with Crippen LogP contribution in [-0.2, 0) is 25.6 Å². The fourth-order valence-electron chi connectivity index (χ4n) is 2.27. The first kappa shape index (κ1) is 18.4. The van der Waals surface area contributed by atoms with Crippen LogP contribution in [0.15, 0.2) is 18.2 Å². The van der Waals surface area contributed by atoms with Gasteiger partial charge in [0.25, 0.3) is 0 Å². The molecule has 1 aromatic rings. The van der Waals surface area contributed by atoms with E-state index in [2.05, 4.69) is 15.9 Å². The summed E-state index contributed by atoms with van der Waals surface area (Å²) < 4.78 is 30.0. The highest BCUT2D eigenvalue weighted by Crippen LogP contribution is 2.30. The zero-order valence-corrected chi connectivity index (χ0v) is 15.2. The van der Waals surface area contributed by atoms with E-state index in [9.17, 15) is 9.18 Å². The first-order valence-electron chi connectivity index (χ1n) is 7.61. The first-order chi connectivity index (χ1) is 10.8. The summed E-state index contributed by atoms with van der Waals surface area (Å²) in [6.07, 6.45) is 0.892. The van der Waals surface area contributed by atoms with Gasteiger partial charge in [-0.1, -0.05) is 22.0 Å². The summed E-state index contributed by atoms with van der Waals surface area (Å²) in [7, 11) is 0. The number of rotatable bonds is 5. The Balaban J connectivity index is 2.12. The molecule has 1 aromatic carbocycles. The molecular weight excluding hydrogens is 367 g/mol. The monoisotopic (exact) mass is 388 g/mol. The van der Waals surface area contributed by atoms with Gasteiger partial charge in [-0.25, -0.2) is 4.39 Å². The molecule has 0 aromatic heterocycles. The first-order valence-corrected chi connectivity index (χ1v) is 8.52. The lowest BCUT2D eigenvalue weighted by atomic mass is 10.0. The third-order valence-electron chi connectivity index (χ3n) is 3.36. The Morgan fingerprint density at radius 3 is 2.83 bits per heavy atom. The van der Waals surface area contributed by atoms with Gasteiger partial charge in [0, 0.05) is 6.61 Å². The van der Waals surface area contributed by atoms with Gasteiger partial charge in [-0.05, 0) is 50.5 Å². The molecule has 1 saturated heterocycles. The van der Waals surface area contributed by atoms with Crippen LogP contribution in [0, 0.1) is 5.82 Å². The van der Waals surface area contributed by atoms with Crippen molar-refractivity contribution >= 4 is 21.9 Å².